The normalized spacial score (nSPS) is 16.2. The topological polar surface area (TPSA) is 58.4 Å². The van der Waals surface area contributed by atoms with Gasteiger partial charge in [-0.2, -0.15) is 0 Å². The summed E-state index contributed by atoms with van der Waals surface area (Å²) in [6.07, 6.45) is 3.03. The average Bonchev–Trinajstić information content (AvgIpc) is 2.75. The van der Waals surface area contributed by atoms with Crippen LogP contribution < -0.4 is 5.56 Å². The largest absolute Gasteiger partial charge is 0.339 e. The molecule has 30 heavy (non-hydrogen) atoms. The van der Waals surface area contributed by atoms with E-state index in [2.05, 4.69) is 18.7 Å². The molecule has 1 amide bonds. The summed E-state index contributed by atoms with van der Waals surface area (Å²) in [6.45, 7) is 11.1. The standard InChI is InChI=1S/C22H31ClN4O2S/c1-4-6-7-10-27-21(29)18-9-8-17(23)15-19(18)24-22(27)30-16(3)20(28)26-13-11-25(5-2)12-14-26/h8-9,15-16H,4-7,10-14H2,1-3H3. The van der Waals surface area contributed by atoms with Gasteiger partial charge in [-0.15, -0.1) is 0 Å². The molecule has 0 N–H and O–H groups in total. The van der Waals surface area contributed by atoms with Crippen molar-refractivity contribution >= 4 is 40.2 Å². The molecule has 1 atom stereocenters. The number of fused-ring (bicyclic) bond motifs is 1. The molecule has 1 aliphatic heterocycles. The summed E-state index contributed by atoms with van der Waals surface area (Å²) >= 11 is 7.50. The summed E-state index contributed by atoms with van der Waals surface area (Å²) < 4.78 is 1.73. The highest BCUT2D eigenvalue weighted by Crippen LogP contribution is 2.25. The number of carbonyl (C=O) groups excluding carboxylic acids is 1. The quantitative estimate of drug-likeness (QED) is 0.347. The third-order valence-electron chi connectivity index (χ3n) is 5.63. The van der Waals surface area contributed by atoms with E-state index in [4.69, 9.17) is 16.6 Å². The molecular formula is C22H31ClN4O2S. The van der Waals surface area contributed by atoms with E-state index >= 15 is 0 Å². The molecule has 0 bridgehead atoms. The number of aromatic nitrogens is 2. The van der Waals surface area contributed by atoms with Gasteiger partial charge in [0.15, 0.2) is 5.16 Å². The predicted octanol–water partition coefficient (Wildman–Crippen LogP) is 3.88. The first-order valence-electron chi connectivity index (χ1n) is 10.8. The van der Waals surface area contributed by atoms with Crippen LogP contribution in [0, 0.1) is 0 Å². The molecule has 0 aliphatic carbocycles. The molecule has 1 fully saturated rings. The Morgan fingerprint density at radius 2 is 1.93 bits per heavy atom. The second-order valence-electron chi connectivity index (χ2n) is 7.74. The zero-order valence-corrected chi connectivity index (χ0v) is 19.6. The van der Waals surface area contributed by atoms with Crippen molar-refractivity contribution in [2.75, 3.05) is 32.7 Å². The van der Waals surface area contributed by atoms with Crippen molar-refractivity contribution in [3.63, 3.8) is 0 Å². The lowest BCUT2D eigenvalue weighted by molar-refractivity contribution is -0.132. The molecule has 1 aliphatic rings. The van der Waals surface area contributed by atoms with Crippen LogP contribution in [0.15, 0.2) is 28.2 Å². The number of likely N-dealkylation sites (N-methyl/N-ethyl adjacent to an activating group) is 1. The Bertz CT molecular complexity index is 941. The van der Waals surface area contributed by atoms with Gasteiger partial charge in [-0.05, 0) is 38.1 Å². The molecule has 0 saturated carbocycles. The van der Waals surface area contributed by atoms with Gasteiger partial charge in [-0.3, -0.25) is 14.2 Å². The number of halogens is 1. The third kappa shape index (κ3) is 5.37. The van der Waals surface area contributed by atoms with E-state index in [9.17, 15) is 9.59 Å². The van der Waals surface area contributed by atoms with Gasteiger partial charge in [0.05, 0.1) is 16.2 Å². The number of piperazine rings is 1. The Labute approximate surface area is 187 Å². The number of unbranched alkanes of at least 4 members (excludes halogenated alkanes) is 2. The summed E-state index contributed by atoms with van der Waals surface area (Å²) in [4.78, 5) is 35.2. The summed E-state index contributed by atoms with van der Waals surface area (Å²) in [5, 5.41) is 1.40. The number of carbonyl (C=O) groups is 1. The van der Waals surface area contributed by atoms with E-state index < -0.39 is 0 Å². The second kappa shape index (κ2) is 10.6. The highest BCUT2D eigenvalue weighted by molar-refractivity contribution is 8.00. The minimum atomic E-state index is -0.306. The van der Waals surface area contributed by atoms with Crippen molar-refractivity contribution in [2.45, 2.75) is 57.0 Å². The monoisotopic (exact) mass is 450 g/mol. The lowest BCUT2D eigenvalue weighted by atomic mass is 10.2. The minimum absolute atomic E-state index is 0.0634. The number of amides is 1. The predicted molar refractivity (Wildman–Crippen MR) is 125 cm³/mol. The molecule has 0 radical (unpaired) electrons. The van der Waals surface area contributed by atoms with E-state index in [1.54, 1.807) is 22.8 Å². The smallest absolute Gasteiger partial charge is 0.262 e. The molecule has 3 rings (SSSR count). The van der Waals surface area contributed by atoms with Crippen LogP contribution in [0.3, 0.4) is 0 Å². The first-order valence-corrected chi connectivity index (χ1v) is 12.1. The molecule has 1 aromatic heterocycles. The van der Waals surface area contributed by atoms with Crippen LogP contribution in [-0.4, -0.2) is 63.2 Å². The van der Waals surface area contributed by atoms with Crippen LogP contribution in [0.5, 0.6) is 0 Å². The first-order chi connectivity index (χ1) is 14.4. The Morgan fingerprint density at radius 3 is 2.60 bits per heavy atom. The van der Waals surface area contributed by atoms with Gasteiger partial charge in [0.25, 0.3) is 5.56 Å². The van der Waals surface area contributed by atoms with Crippen molar-refractivity contribution in [2.24, 2.45) is 0 Å². The summed E-state index contributed by atoms with van der Waals surface area (Å²) in [6, 6.07) is 5.17. The van der Waals surface area contributed by atoms with Crippen molar-refractivity contribution in [1.29, 1.82) is 0 Å². The van der Waals surface area contributed by atoms with Crippen LogP contribution in [0.1, 0.15) is 40.0 Å². The Hall–Kier alpha value is -1.57. The van der Waals surface area contributed by atoms with E-state index in [1.165, 1.54) is 11.8 Å². The molecule has 2 heterocycles. The minimum Gasteiger partial charge on any atom is -0.339 e. The zero-order valence-electron chi connectivity index (χ0n) is 18.1. The van der Waals surface area contributed by atoms with Crippen molar-refractivity contribution in [3.05, 3.63) is 33.6 Å². The molecule has 0 spiro atoms. The van der Waals surface area contributed by atoms with Crippen molar-refractivity contribution < 1.29 is 4.79 Å². The summed E-state index contributed by atoms with van der Waals surface area (Å²) in [5.74, 6) is 0.108. The van der Waals surface area contributed by atoms with Crippen molar-refractivity contribution in [3.8, 4) is 0 Å². The molecular weight excluding hydrogens is 420 g/mol. The second-order valence-corrected chi connectivity index (χ2v) is 9.48. The lowest BCUT2D eigenvalue weighted by Crippen LogP contribution is -2.50. The van der Waals surface area contributed by atoms with Crippen LogP contribution in [-0.2, 0) is 11.3 Å². The van der Waals surface area contributed by atoms with Gasteiger partial charge in [0.2, 0.25) is 5.91 Å². The van der Waals surface area contributed by atoms with E-state index in [0.717, 1.165) is 52.0 Å². The molecule has 1 unspecified atom stereocenters. The Morgan fingerprint density at radius 1 is 1.20 bits per heavy atom. The highest BCUT2D eigenvalue weighted by atomic mass is 35.5. The third-order valence-corrected chi connectivity index (χ3v) is 6.94. The van der Waals surface area contributed by atoms with Crippen LogP contribution in [0.25, 0.3) is 10.9 Å². The zero-order chi connectivity index (χ0) is 21.7. The number of benzene rings is 1. The van der Waals surface area contributed by atoms with Crippen molar-refractivity contribution in [1.82, 2.24) is 19.4 Å². The Kier molecular flexibility index (Phi) is 8.20. The maximum atomic E-state index is 13.1. The molecule has 2 aromatic rings. The fourth-order valence-electron chi connectivity index (χ4n) is 3.73. The number of thioether (sulfide) groups is 1. The summed E-state index contributed by atoms with van der Waals surface area (Å²) in [7, 11) is 0. The fourth-order valence-corrected chi connectivity index (χ4v) is 4.92. The van der Waals surface area contributed by atoms with E-state index in [0.29, 0.717) is 27.6 Å². The first kappa shape index (κ1) is 23.1. The number of rotatable bonds is 8. The van der Waals surface area contributed by atoms with Crippen LogP contribution in [0.4, 0.5) is 0 Å². The van der Waals surface area contributed by atoms with Gasteiger partial charge in [-0.1, -0.05) is 50.1 Å². The van der Waals surface area contributed by atoms with E-state index in [1.807, 2.05) is 11.8 Å². The molecule has 1 aromatic carbocycles. The van der Waals surface area contributed by atoms with Gasteiger partial charge in [-0.25, -0.2) is 4.98 Å². The van der Waals surface area contributed by atoms with Gasteiger partial charge in [0.1, 0.15) is 0 Å². The van der Waals surface area contributed by atoms with Gasteiger partial charge >= 0.3 is 0 Å². The number of hydrogen-bond donors (Lipinski definition) is 0. The summed E-state index contributed by atoms with van der Waals surface area (Å²) in [5.41, 5.74) is 0.518. The maximum Gasteiger partial charge on any atom is 0.262 e. The molecule has 6 nitrogen and oxygen atoms in total. The molecule has 1 saturated heterocycles. The van der Waals surface area contributed by atoms with E-state index in [-0.39, 0.29) is 16.7 Å². The highest BCUT2D eigenvalue weighted by Gasteiger charge is 2.26. The Balaban J connectivity index is 1.84. The van der Waals surface area contributed by atoms with Crippen LogP contribution >= 0.6 is 23.4 Å². The molecule has 8 heteroatoms. The number of nitrogens with zero attached hydrogens (tertiary/aromatic N) is 4. The fraction of sp³-hybridized carbons (Fsp3) is 0.591. The lowest BCUT2D eigenvalue weighted by Gasteiger charge is -2.35. The van der Waals surface area contributed by atoms with Gasteiger partial charge in [0, 0.05) is 37.7 Å². The SMILES string of the molecule is CCCCCn1c(SC(C)C(=O)N2CCN(CC)CC2)nc2cc(Cl)ccc2c1=O. The van der Waals surface area contributed by atoms with Gasteiger partial charge < -0.3 is 9.80 Å². The average molecular weight is 451 g/mol. The van der Waals surface area contributed by atoms with Crippen LogP contribution in [0.2, 0.25) is 5.02 Å². The number of hydrogen-bond acceptors (Lipinski definition) is 5. The maximum absolute atomic E-state index is 13.1. The molecule has 164 valence electrons.